The minimum Gasteiger partial charge on any atom is -0.386 e. The van der Waals surface area contributed by atoms with Crippen molar-refractivity contribution in [2.75, 3.05) is 39.3 Å². The van der Waals surface area contributed by atoms with Crippen LogP contribution in [-0.2, 0) is 0 Å². The fourth-order valence-corrected chi connectivity index (χ4v) is 3.20. The molecule has 1 atom stereocenters. The molecule has 1 aromatic heterocycles. The van der Waals surface area contributed by atoms with Crippen molar-refractivity contribution in [1.29, 1.82) is 0 Å². The van der Waals surface area contributed by atoms with E-state index < -0.39 is 6.10 Å². The van der Waals surface area contributed by atoms with E-state index in [2.05, 4.69) is 34.4 Å². The lowest BCUT2D eigenvalue weighted by Crippen LogP contribution is -2.39. The number of hydrogen-bond acceptors (Lipinski definition) is 4. The molecule has 1 rings (SSSR count). The highest BCUT2D eigenvalue weighted by Gasteiger charge is 2.10. The third-order valence-electron chi connectivity index (χ3n) is 3.53. The van der Waals surface area contributed by atoms with Gasteiger partial charge in [0.1, 0.15) is 6.10 Å². The Kier molecular flexibility index (Phi) is 14.1. The largest absolute Gasteiger partial charge is 0.386 e. The lowest BCUT2D eigenvalue weighted by molar-refractivity contribution is 0.191. The molecule has 0 spiro atoms. The first-order valence-electron chi connectivity index (χ1n) is 8.28. The van der Waals surface area contributed by atoms with Crippen LogP contribution in [0.5, 0.6) is 0 Å². The Morgan fingerprint density at radius 1 is 1.29 bits per heavy atom. The van der Waals surface area contributed by atoms with E-state index in [1.54, 1.807) is 6.07 Å². The third-order valence-corrected chi connectivity index (χ3v) is 4.86. The van der Waals surface area contributed by atoms with Gasteiger partial charge in [0.2, 0.25) is 0 Å². The predicted molar refractivity (Wildman–Crippen MR) is 116 cm³/mol. The summed E-state index contributed by atoms with van der Waals surface area (Å²) in [6.07, 6.45) is 0.452. The van der Waals surface area contributed by atoms with E-state index in [1.807, 2.05) is 13.0 Å². The zero-order valence-electron chi connectivity index (χ0n) is 14.7. The molecule has 0 fully saturated rings. The Bertz CT molecular complexity index is 469. The van der Waals surface area contributed by atoms with Crippen molar-refractivity contribution in [3.05, 3.63) is 21.3 Å². The van der Waals surface area contributed by atoms with Crippen LogP contribution in [0.25, 0.3) is 0 Å². The SMILES string of the molecule is CCNC(=NCC(O)c1ccc(Cl)s1)NCCCN(CC)CC.I. The summed E-state index contributed by atoms with van der Waals surface area (Å²) in [7, 11) is 0. The topological polar surface area (TPSA) is 59.9 Å². The number of aliphatic hydroxyl groups excluding tert-OH is 1. The number of hydrogen-bond donors (Lipinski definition) is 3. The summed E-state index contributed by atoms with van der Waals surface area (Å²) in [4.78, 5) is 7.69. The molecule has 5 nitrogen and oxygen atoms in total. The first-order chi connectivity index (χ1) is 11.1. The number of thiophene rings is 1. The Hall–Kier alpha value is -0.0900. The zero-order chi connectivity index (χ0) is 17.1. The number of nitrogens with one attached hydrogen (secondary N) is 2. The lowest BCUT2D eigenvalue weighted by atomic mass is 10.3. The highest BCUT2D eigenvalue weighted by Crippen LogP contribution is 2.26. The van der Waals surface area contributed by atoms with Crippen molar-refractivity contribution in [2.24, 2.45) is 4.99 Å². The van der Waals surface area contributed by atoms with Crippen molar-refractivity contribution >= 4 is 52.9 Å². The van der Waals surface area contributed by atoms with Crippen LogP contribution in [0.15, 0.2) is 17.1 Å². The lowest BCUT2D eigenvalue weighted by Gasteiger charge is -2.18. The maximum absolute atomic E-state index is 10.1. The van der Waals surface area contributed by atoms with Crippen LogP contribution in [0.1, 0.15) is 38.2 Å². The molecule has 0 amide bonds. The van der Waals surface area contributed by atoms with Crippen LogP contribution in [0.3, 0.4) is 0 Å². The predicted octanol–water partition coefficient (Wildman–Crippen LogP) is 3.34. The summed E-state index contributed by atoms with van der Waals surface area (Å²) in [5.74, 6) is 0.744. The van der Waals surface area contributed by atoms with Crippen molar-refractivity contribution < 1.29 is 5.11 Å². The normalized spacial score (nSPS) is 12.8. The number of rotatable bonds is 10. The average Bonchev–Trinajstić information content (AvgIpc) is 2.99. The van der Waals surface area contributed by atoms with Gasteiger partial charge in [0.15, 0.2) is 5.96 Å². The Morgan fingerprint density at radius 2 is 2.00 bits per heavy atom. The van der Waals surface area contributed by atoms with E-state index in [0.29, 0.717) is 10.9 Å². The van der Waals surface area contributed by atoms with Crippen molar-refractivity contribution in [1.82, 2.24) is 15.5 Å². The molecular weight excluding hydrogens is 459 g/mol. The van der Waals surface area contributed by atoms with Crippen molar-refractivity contribution in [2.45, 2.75) is 33.3 Å². The molecular formula is C16H30ClIN4OS. The van der Waals surface area contributed by atoms with Gasteiger partial charge in [-0.1, -0.05) is 25.4 Å². The molecule has 1 heterocycles. The van der Waals surface area contributed by atoms with E-state index in [4.69, 9.17) is 11.6 Å². The summed E-state index contributed by atoms with van der Waals surface area (Å²) in [6.45, 7) is 11.6. The molecule has 8 heteroatoms. The molecule has 24 heavy (non-hydrogen) atoms. The van der Waals surface area contributed by atoms with Crippen molar-refractivity contribution in [3.63, 3.8) is 0 Å². The minimum absolute atomic E-state index is 0. The van der Waals surface area contributed by atoms with Crippen LogP contribution < -0.4 is 10.6 Å². The maximum atomic E-state index is 10.1. The fourth-order valence-electron chi connectivity index (χ4n) is 2.17. The highest BCUT2D eigenvalue weighted by atomic mass is 127. The van der Waals surface area contributed by atoms with Gasteiger partial charge < -0.3 is 20.6 Å². The van der Waals surface area contributed by atoms with Crippen LogP contribution >= 0.6 is 46.9 Å². The van der Waals surface area contributed by atoms with E-state index in [-0.39, 0.29) is 24.0 Å². The monoisotopic (exact) mass is 488 g/mol. The number of halogens is 2. The van der Waals surface area contributed by atoms with Crippen molar-refractivity contribution in [3.8, 4) is 0 Å². The van der Waals surface area contributed by atoms with E-state index in [9.17, 15) is 5.11 Å². The second kappa shape index (κ2) is 14.1. The molecule has 1 aromatic rings. The first kappa shape index (κ1) is 23.9. The minimum atomic E-state index is -0.612. The molecule has 0 saturated heterocycles. The molecule has 0 aliphatic rings. The Morgan fingerprint density at radius 3 is 2.54 bits per heavy atom. The van der Waals surface area contributed by atoms with E-state index in [1.165, 1.54) is 11.3 Å². The fraction of sp³-hybridized carbons (Fsp3) is 0.688. The summed E-state index contributed by atoms with van der Waals surface area (Å²) in [5.41, 5.74) is 0. The molecule has 0 saturated carbocycles. The number of aliphatic imine (C=N–C) groups is 1. The second-order valence-corrected chi connectivity index (χ2v) is 6.93. The van der Waals surface area contributed by atoms with Gasteiger partial charge in [0.25, 0.3) is 0 Å². The first-order valence-corrected chi connectivity index (χ1v) is 9.47. The highest BCUT2D eigenvalue weighted by molar-refractivity contribution is 14.0. The van der Waals surface area contributed by atoms with Gasteiger partial charge in [-0.05, 0) is 45.1 Å². The summed E-state index contributed by atoms with van der Waals surface area (Å²) < 4.78 is 0.685. The van der Waals surface area contributed by atoms with Gasteiger partial charge >= 0.3 is 0 Å². The quantitative estimate of drug-likeness (QED) is 0.205. The second-order valence-electron chi connectivity index (χ2n) is 5.18. The molecule has 0 aliphatic carbocycles. The molecule has 0 bridgehead atoms. The van der Waals surface area contributed by atoms with Gasteiger partial charge in [-0.25, -0.2) is 0 Å². The summed E-state index contributed by atoms with van der Waals surface area (Å²) >= 11 is 7.28. The number of aliphatic hydroxyl groups is 1. The Labute approximate surface area is 171 Å². The van der Waals surface area contributed by atoms with Crippen LogP contribution in [-0.4, -0.2) is 55.2 Å². The van der Waals surface area contributed by atoms with Gasteiger partial charge in [0.05, 0.1) is 10.9 Å². The van der Waals surface area contributed by atoms with Gasteiger partial charge in [-0.2, -0.15) is 0 Å². The summed E-state index contributed by atoms with van der Waals surface area (Å²) in [6, 6.07) is 3.64. The average molecular weight is 489 g/mol. The molecule has 3 N–H and O–H groups in total. The molecule has 0 aromatic carbocycles. The van der Waals surface area contributed by atoms with Gasteiger partial charge in [-0.3, -0.25) is 4.99 Å². The Balaban J connectivity index is 0.00000529. The molecule has 0 radical (unpaired) electrons. The van der Waals surface area contributed by atoms with Gasteiger partial charge in [0, 0.05) is 18.0 Å². The molecule has 140 valence electrons. The maximum Gasteiger partial charge on any atom is 0.191 e. The molecule has 1 unspecified atom stereocenters. The summed E-state index contributed by atoms with van der Waals surface area (Å²) in [5, 5.41) is 16.7. The standard InChI is InChI=1S/C16H29ClN4OS.HI/c1-4-18-16(19-10-7-11-21(5-2)6-3)20-12-13(22)14-8-9-15(17)23-14;/h8-9,13,22H,4-7,10-12H2,1-3H3,(H2,18,19,20);1H. The third kappa shape index (κ3) is 9.41. The smallest absolute Gasteiger partial charge is 0.191 e. The van der Waals surface area contributed by atoms with E-state index in [0.717, 1.165) is 50.0 Å². The molecule has 0 aliphatic heterocycles. The van der Waals surface area contributed by atoms with Crippen LogP contribution in [0.4, 0.5) is 0 Å². The number of guanidine groups is 1. The van der Waals surface area contributed by atoms with Crippen LogP contribution in [0, 0.1) is 0 Å². The van der Waals surface area contributed by atoms with E-state index >= 15 is 0 Å². The van der Waals surface area contributed by atoms with Gasteiger partial charge in [-0.15, -0.1) is 35.3 Å². The zero-order valence-corrected chi connectivity index (χ0v) is 18.6. The van der Waals surface area contributed by atoms with Crippen LogP contribution in [0.2, 0.25) is 4.34 Å². The number of nitrogens with zero attached hydrogens (tertiary/aromatic N) is 2.